The van der Waals surface area contributed by atoms with Gasteiger partial charge in [-0.15, -0.1) is 11.3 Å². The smallest absolute Gasteiger partial charge is 0.224 e. The second kappa shape index (κ2) is 5.57. The molecule has 6 heteroatoms. The quantitative estimate of drug-likeness (QED) is 0.790. The molecule has 4 nitrogen and oxygen atoms in total. The second-order valence-corrected chi connectivity index (χ2v) is 5.49. The zero-order chi connectivity index (χ0) is 14.8. The number of hydrogen-bond acceptors (Lipinski definition) is 5. The van der Waals surface area contributed by atoms with Crippen LogP contribution in [0.3, 0.4) is 0 Å². The van der Waals surface area contributed by atoms with E-state index in [4.69, 9.17) is 0 Å². The monoisotopic (exact) mass is 300 g/mol. The summed E-state index contributed by atoms with van der Waals surface area (Å²) in [6.07, 6.45) is 4.51. The number of nitrogens with one attached hydrogen (secondary N) is 1. The Labute approximate surface area is 125 Å². The lowest BCUT2D eigenvalue weighted by molar-refractivity contribution is 0.616. The number of thiophene rings is 1. The van der Waals surface area contributed by atoms with Gasteiger partial charge in [0, 0.05) is 6.20 Å². The second-order valence-electron chi connectivity index (χ2n) is 4.57. The van der Waals surface area contributed by atoms with E-state index in [1.54, 1.807) is 23.6 Å². The third-order valence-electron chi connectivity index (χ3n) is 3.09. The van der Waals surface area contributed by atoms with Crippen molar-refractivity contribution in [2.45, 2.75) is 13.0 Å². The Hall–Kier alpha value is -2.34. The number of halogens is 1. The summed E-state index contributed by atoms with van der Waals surface area (Å²) in [4.78, 5) is 12.7. The molecule has 3 rings (SSSR count). The highest BCUT2D eigenvalue weighted by molar-refractivity contribution is 7.17. The lowest BCUT2D eigenvalue weighted by Crippen LogP contribution is -2.10. The van der Waals surface area contributed by atoms with Gasteiger partial charge in [0.2, 0.25) is 5.95 Å². The first-order chi connectivity index (χ1) is 10.2. The van der Waals surface area contributed by atoms with Gasteiger partial charge in [-0.1, -0.05) is 6.58 Å². The van der Waals surface area contributed by atoms with Gasteiger partial charge in [0.1, 0.15) is 5.82 Å². The van der Waals surface area contributed by atoms with Gasteiger partial charge in [-0.3, -0.25) is 4.98 Å². The molecule has 106 valence electrons. The van der Waals surface area contributed by atoms with Crippen molar-refractivity contribution in [1.29, 1.82) is 0 Å². The molecule has 0 saturated carbocycles. The van der Waals surface area contributed by atoms with Crippen LogP contribution in [0.4, 0.5) is 10.3 Å². The standard InChI is InChI=1S/C15H13FN4S/c1-3-12-14-13(4-5-21-14)20-15(19-12)18-9(2)10-6-11(16)8-17-7-10/h3-9H,1H2,2H3,(H,18,19,20). The maximum absolute atomic E-state index is 13.2. The molecule has 1 unspecified atom stereocenters. The Kier molecular flexibility index (Phi) is 3.62. The van der Waals surface area contributed by atoms with Gasteiger partial charge in [-0.25, -0.2) is 14.4 Å². The predicted molar refractivity (Wildman–Crippen MR) is 83.7 cm³/mol. The highest BCUT2D eigenvalue weighted by Crippen LogP contribution is 2.25. The predicted octanol–water partition coefficient (Wildman–Crippen LogP) is 4.04. The van der Waals surface area contributed by atoms with Crippen LogP contribution in [-0.2, 0) is 0 Å². The molecule has 0 spiro atoms. The molecule has 0 aliphatic rings. The molecule has 0 aliphatic heterocycles. The average Bonchev–Trinajstić information content (AvgIpc) is 2.94. The largest absolute Gasteiger partial charge is 0.348 e. The molecule has 0 bridgehead atoms. The zero-order valence-corrected chi connectivity index (χ0v) is 12.2. The van der Waals surface area contributed by atoms with Crippen molar-refractivity contribution in [3.05, 3.63) is 53.6 Å². The molecule has 21 heavy (non-hydrogen) atoms. The summed E-state index contributed by atoms with van der Waals surface area (Å²) >= 11 is 1.58. The van der Waals surface area contributed by atoms with Gasteiger partial charge < -0.3 is 5.32 Å². The summed E-state index contributed by atoms with van der Waals surface area (Å²) in [6, 6.07) is 3.23. The summed E-state index contributed by atoms with van der Waals surface area (Å²) in [6.45, 7) is 5.69. The zero-order valence-electron chi connectivity index (χ0n) is 11.4. The van der Waals surface area contributed by atoms with Crippen LogP contribution in [0.25, 0.3) is 16.3 Å². The number of rotatable bonds is 4. The van der Waals surface area contributed by atoms with Crippen LogP contribution in [-0.4, -0.2) is 15.0 Å². The first-order valence-corrected chi connectivity index (χ1v) is 7.30. The topological polar surface area (TPSA) is 50.7 Å². The van der Waals surface area contributed by atoms with Crippen molar-refractivity contribution >= 4 is 33.6 Å². The Balaban J connectivity index is 1.92. The van der Waals surface area contributed by atoms with E-state index in [1.165, 1.54) is 12.3 Å². The summed E-state index contributed by atoms with van der Waals surface area (Å²) < 4.78 is 14.2. The number of aromatic nitrogens is 3. The van der Waals surface area contributed by atoms with E-state index in [0.717, 1.165) is 21.5 Å². The summed E-state index contributed by atoms with van der Waals surface area (Å²) in [5, 5.41) is 5.14. The fourth-order valence-electron chi connectivity index (χ4n) is 2.03. The Morgan fingerprint density at radius 3 is 3.00 bits per heavy atom. The van der Waals surface area contributed by atoms with E-state index in [2.05, 4.69) is 26.8 Å². The summed E-state index contributed by atoms with van der Waals surface area (Å²) in [5.74, 6) is 0.134. The number of hydrogen-bond donors (Lipinski definition) is 1. The fourth-order valence-corrected chi connectivity index (χ4v) is 2.85. The maximum atomic E-state index is 13.2. The highest BCUT2D eigenvalue weighted by Gasteiger charge is 2.11. The minimum atomic E-state index is -0.359. The van der Waals surface area contributed by atoms with Crippen LogP contribution >= 0.6 is 11.3 Å². The molecule has 0 saturated heterocycles. The molecule has 0 aromatic carbocycles. The molecular formula is C15H13FN4S. The molecule has 1 N–H and O–H groups in total. The van der Waals surface area contributed by atoms with Crippen LogP contribution in [0, 0.1) is 5.82 Å². The van der Waals surface area contributed by atoms with Crippen LogP contribution in [0.15, 0.2) is 36.5 Å². The number of pyridine rings is 1. The molecule has 0 aliphatic carbocycles. The molecule has 0 radical (unpaired) electrons. The third kappa shape index (κ3) is 2.75. The van der Waals surface area contributed by atoms with E-state index in [-0.39, 0.29) is 11.9 Å². The molecule has 0 amide bonds. The lowest BCUT2D eigenvalue weighted by Gasteiger charge is -2.14. The molecule has 1 atom stereocenters. The SMILES string of the molecule is C=Cc1nc(NC(C)c2cncc(F)c2)nc2ccsc12. The molecular weight excluding hydrogens is 287 g/mol. The van der Waals surface area contributed by atoms with Crippen molar-refractivity contribution in [3.8, 4) is 0 Å². The van der Waals surface area contributed by atoms with Gasteiger partial charge in [0.15, 0.2) is 0 Å². The van der Waals surface area contributed by atoms with Gasteiger partial charge in [0.05, 0.1) is 28.1 Å². The van der Waals surface area contributed by atoms with Gasteiger partial charge in [0.25, 0.3) is 0 Å². The molecule has 3 aromatic rings. The number of anilines is 1. The minimum Gasteiger partial charge on any atom is -0.348 e. The van der Waals surface area contributed by atoms with E-state index >= 15 is 0 Å². The molecule has 0 fully saturated rings. The van der Waals surface area contributed by atoms with Crippen LogP contribution in [0.5, 0.6) is 0 Å². The summed E-state index contributed by atoms with van der Waals surface area (Å²) in [5.41, 5.74) is 2.41. The minimum absolute atomic E-state index is 0.151. The van der Waals surface area contributed by atoms with Crippen LogP contribution < -0.4 is 5.32 Å². The Morgan fingerprint density at radius 1 is 1.38 bits per heavy atom. The normalized spacial score (nSPS) is 12.3. The lowest BCUT2D eigenvalue weighted by atomic mass is 10.1. The van der Waals surface area contributed by atoms with Crippen molar-refractivity contribution < 1.29 is 4.39 Å². The highest BCUT2D eigenvalue weighted by atomic mass is 32.1. The van der Waals surface area contributed by atoms with Crippen LogP contribution in [0.2, 0.25) is 0 Å². The van der Waals surface area contributed by atoms with E-state index in [1.807, 2.05) is 18.4 Å². The number of fused-ring (bicyclic) bond motifs is 1. The molecule has 3 aromatic heterocycles. The average molecular weight is 300 g/mol. The molecule has 3 heterocycles. The van der Waals surface area contributed by atoms with E-state index in [9.17, 15) is 4.39 Å². The van der Waals surface area contributed by atoms with E-state index < -0.39 is 0 Å². The number of nitrogens with zero attached hydrogens (tertiary/aromatic N) is 3. The van der Waals surface area contributed by atoms with Gasteiger partial charge in [-0.2, -0.15) is 0 Å². The summed E-state index contributed by atoms with van der Waals surface area (Å²) in [7, 11) is 0. The van der Waals surface area contributed by atoms with Gasteiger partial charge >= 0.3 is 0 Å². The Bertz CT molecular complexity index is 799. The van der Waals surface area contributed by atoms with Gasteiger partial charge in [-0.05, 0) is 36.1 Å². The Morgan fingerprint density at radius 2 is 2.24 bits per heavy atom. The van der Waals surface area contributed by atoms with Crippen LogP contribution in [0.1, 0.15) is 24.2 Å². The first kappa shape index (κ1) is 13.6. The fraction of sp³-hybridized carbons (Fsp3) is 0.133. The van der Waals surface area contributed by atoms with Crippen molar-refractivity contribution in [2.75, 3.05) is 5.32 Å². The third-order valence-corrected chi connectivity index (χ3v) is 4.02. The van der Waals surface area contributed by atoms with E-state index in [0.29, 0.717) is 5.95 Å². The van der Waals surface area contributed by atoms with Crippen molar-refractivity contribution in [3.63, 3.8) is 0 Å². The van der Waals surface area contributed by atoms with Crippen molar-refractivity contribution in [1.82, 2.24) is 15.0 Å². The van der Waals surface area contributed by atoms with Crippen molar-refractivity contribution in [2.24, 2.45) is 0 Å². The maximum Gasteiger partial charge on any atom is 0.224 e. The first-order valence-electron chi connectivity index (χ1n) is 6.42.